The van der Waals surface area contributed by atoms with Crippen LogP contribution in [0.2, 0.25) is 0 Å². The average Bonchev–Trinajstić information content (AvgIpc) is 2.67. The quantitative estimate of drug-likeness (QED) is 0.687. The summed E-state index contributed by atoms with van der Waals surface area (Å²) in [5.74, 6) is 0.952. The maximum atomic E-state index is 4.44. The highest BCUT2D eigenvalue weighted by Gasteiger charge is 2.07. The Kier molecular flexibility index (Phi) is 2.25. The van der Waals surface area contributed by atoms with E-state index in [-0.39, 0.29) is 0 Å². The molecule has 2 heterocycles. The molecule has 0 aliphatic heterocycles. The Hall–Kier alpha value is -1.62. The lowest BCUT2D eigenvalue weighted by molar-refractivity contribution is 0.879. The van der Waals surface area contributed by atoms with Crippen LogP contribution in [0.15, 0.2) is 29.4 Å². The normalized spacial score (nSPS) is 11.3. The van der Waals surface area contributed by atoms with E-state index in [1.807, 2.05) is 24.3 Å². The summed E-state index contributed by atoms with van der Waals surface area (Å²) in [5, 5.41) is 10.1. The monoisotopic (exact) mass is 230 g/mol. The van der Waals surface area contributed by atoms with E-state index in [9.17, 15) is 0 Å². The van der Waals surface area contributed by atoms with Gasteiger partial charge in [-0.3, -0.25) is 0 Å². The van der Waals surface area contributed by atoms with Crippen molar-refractivity contribution in [3.05, 3.63) is 24.3 Å². The molecule has 80 valence electrons. The fourth-order valence-electron chi connectivity index (χ4n) is 1.70. The van der Waals surface area contributed by atoms with Crippen molar-refractivity contribution in [3.8, 4) is 0 Å². The second-order valence-electron chi connectivity index (χ2n) is 3.40. The van der Waals surface area contributed by atoms with Crippen molar-refractivity contribution < 1.29 is 0 Å². The number of nitrogens with zero attached hydrogens (tertiary/aromatic N) is 3. The average molecular weight is 230 g/mol. The van der Waals surface area contributed by atoms with Crippen LogP contribution in [0, 0.1) is 0 Å². The van der Waals surface area contributed by atoms with Crippen LogP contribution in [-0.4, -0.2) is 25.9 Å². The lowest BCUT2D eigenvalue weighted by Gasteiger charge is -1.94. The van der Waals surface area contributed by atoms with E-state index in [0.717, 1.165) is 33.0 Å². The Balaban J connectivity index is 2.28. The van der Waals surface area contributed by atoms with E-state index in [4.69, 9.17) is 0 Å². The highest BCUT2D eigenvalue weighted by molar-refractivity contribution is 7.99. The van der Waals surface area contributed by atoms with Crippen molar-refractivity contribution in [2.45, 2.75) is 12.1 Å². The first-order valence-electron chi connectivity index (χ1n) is 5.12. The molecule has 0 saturated heterocycles. The Morgan fingerprint density at radius 2 is 2.12 bits per heavy atom. The molecule has 1 aromatic carbocycles. The van der Waals surface area contributed by atoms with Crippen LogP contribution < -0.4 is 0 Å². The predicted molar refractivity (Wildman–Crippen MR) is 65.6 cm³/mol. The molecular weight excluding hydrogens is 220 g/mol. The van der Waals surface area contributed by atoms with Crippen LogP contribution in [0.5, 0.6) is 0 Å². The standard InChI is InChI=1S/C11H10N4S/c1-2-16-11-13-10-9(14-15-11)7-5-3-4-6-8(7)12-10/h3-6H,2H2,1H3,(H,12,13,15). The summed E-state index contributed by atoms with van der Waals surface area (Å²) in [7, 11) is 0. The number of thioether (sulfide) groups is 1. The van der Waals surface area contributed by atoms with E-state index >= 15 is 0 Å². The number of fused-ring (bicyclic) bond motifs is 3. The Bertz CT molecular complexity index is 647. The van der Waals surface area contributed by atoms with Gasteiger partial charge in [0.25, 0.3) is 0 Å². The van der Waals surface area contributed by atoms with Gasteiger partial charge < -0.3 is 4.98 Å². The zero-order valence-electron chi connectivity index (χ0n) is 8.77. The molecule has 0 bridgehead atoms. The number of H-pyrrole nitrogens is 1. The number of hydrogen-bond acceptors (Lipinski definition) is 4. The number of rotatable bonds is 2. The van der Waals surface area contributed by atoms with Gasteiger partial charge in [0.15, 0.2) is 5.65 Å². The topological polar surface area (TPSA) is 54.5 Å². The molecule has 3 aromatic rings. The molecule has 0 fully saturated rings. The van der Waals surface area contributed by atoms with Crippen LogP contribution in [0.25, 0.3) is 22.1 Å². The SMILES string of the molecule is CCSc1nnc2c(n1)[nH]c1ccccc12. The third kappa shape index (κ3) is 1.44. The van der Waals surface area contributed by atoms with Gasteiger partial charge in [-0.25, -0.2) is 4.98 Å². The van der Waals surface area contributed by atoms with Gasteiger partial charge in [0.1, 0.15) is 5.52 Å². The van der Waals surface area contributed by atoms with E-state index in [0.29, 0.717) is 0 Å². The van der Waals surface area contributed by atoms with Gasteiger partial charge in [0, 0.05) is 10.9 Å². The molecule has 0 aliphatic rings. The smallest absolute Gasteiger partial charge is 0.211 e. The van der Waals surface area contributed by atoms with Gasteiger partial charge >= 0.3 is 0 Å². The molecule has 1 N–H and O–H groups in total. The summed E-state index contributed by atoms with van der Waals surface area (Å²) >= 11 is 1.60. The highest BCUT2D eigenvalue weighted by Crippen LogP contribution is 2.22. The number of aromatic nitrogens is 4. The van der Waals surface area contributed by atoms with Gasteiger partial charge in [-0.15, -0.1) is 10.2 Å². The number of para-hydroxylation sites is 1. The third-order valence-electron chi connectivity index (χ3n) is 2.38. The first-order valence-corrected chi connectivity index (χ1v) is 6.11. The zero-order valence-corrected chi connectivity index (χ0v) is 9.58. The number of aromatic amines is 1. The van der Waals surface area contributed by atoms with Crippen LogP contribution in [0.1, 0.15) is 6.92 Å². The first-order chi connectivity index (χ1) is 7.88. The molecule has 0 saturated carbocycles. The minimum Gasteiger partial charge on any atom is -0.338 e. The molecule has 16 heavy (non-hydrogen) atoms. The molecular formula is C11H10N4S. The van der Waals surface area contributed by atoms with Crippen LogP contribution >= 0.6 is 11.8 Å². The number of hydrogen-bond donors (Lipinski definition) is 1. The van der Waals surface area contributed by atoms with Gasteiger partial charge in [-0.2, -0.15) is 0 Å². The Morgan fingerprint density at radius 3 is 3.00 bits per heavy atom. The summed E-state index contributed by atoms with van der Waals surface area (Å²) in [6.45, 7) is 2.07. The Morgan fingerprint density at radius 1 is 1.25 bits per heavy atom. The van der Waals surface area contributed by atoms with Gasteiger partial charge in [0.05, 0.1) is 0 Å². The van der Waals surface area contributed by atoms with Crippen molar-refractivity contribution >= 4 is 33.8 Å². The molecule has 0 aliphatic carbocycles. The van der Waals surface area contributed by atoms with E-state index in [2.05, 4.69) is 27.1 Å². The van der Waals surface area contributed by atoms with Gasteiger partial charge in [-0.1, -0.05) is 36.9 Å². The lowest BCUT2D eigenvalue weighted by Crippen LogP contribution is -1.91. The fourth-order valence-corrected chi connectivity index (χ4v) is 2.21. The number of benzene rings is 1. The fraction of sp³-hybridized carbons (Fsp3) is 0.182. The lowest BCUT2D eigenvalue weighted by atomic mass is 10.2. The van der Waals surface area contributed by atoms with Crippen molar-refractivity contribution in [3.63, 3.8) is 0 Å². The first kappa shape index (κ1) is 9.59. The van der Waals surface area contributed by atoms with Crippen molar-refractivity contribution in [1.82, 2.24) is 20.2 Å². The number of nitrogens with one attached hydrogen (secondary N) is 1. The predicted octanol–water partition coefficient (Wildman–Crippen LogP) is 2.62. The minimum absolute atomic E-state index is 0.724. The van der Waals surface area contributed by atoms with Gasteiger partial charge in [-0.05, 0) is 11.8 Å². The van der Waals surface area contributed by atoms with Crippen LogP contribution in [0.3, 0.4) is 0 Å². The largest absolute Gasteiger partial charge is 0.338 e. The van der Waals surface area contributed by atoms with Crippen LogP contribution in [0.4, 0.5) is 0 Å². The summed E-state index contributed by atoms with van der Waals surface area (Å²) in [4.78, 5) is 7.69. The van der Waals surface area contributed by atoms with Crippen molar-refractivity contribution in [1.29, 1.82) is 0 Å². The van der Waals surface area contributed by atoms with Crippen molar-refractivity contribution in [2.24, 2.45) is 0 Å². The van der Waals surface area contributed by atoms with Gasteiger partial charge in [0.2, 0.25) is 5.16 Å². The van der Waals surface area contributed by atoms with Crippen LogP contribution in [-0.2, 0) is 0 Å². The summed E-state index contributed by atoms with van der Waals surface area (Å²) in [6.07, 6.45) is 0. The van der Waals surface area contributed by atoms with E-state index in [1.165, 1.54) is 0 Å². The van der Waals surface area contributed by atoms with E-state index < -0.39 is 0 Å². The molecule has 0 radical (unpaired) electrons. The maximum Gasteiger partial charge on any atom is 0.211 e. The van der Waals surface area contributed by atoms with E-state index in [1.54, 1.807) is 11.8 Å². The maximum absolute atomic E-state index is 4.44. The molecule has 5 heteroatoms. The zero-order chi connectivity index (χ0) is 11.0. The molecule has 3 rings (SSSR count). The second kappa shape index (κ2) is 3.75. The minimum atomic E-state index is 0.724. The van der Waals surface area contributed by atoms with Crippen molar-refractivity contribution in [2.75, 3.05) is 5.75 Å². The molecule has 0 amide bonds. The molecule has 0 spiro atoms. The second-order valence-corrected chi connectivity index (χ2v) is 4.63. The molecule has 0 atom stereocenters. The highest BCUT2D eigenvalue weighted by atomic mass is 32.2. The summed E-state index contributed by atoms with van der Waals surface area (Å²) < 4.78 is 0. The Labute approximate surface area is 96.5 Å². The molecule has 0 unspecified atom stereocenters. The summed E-state index contributed by atoms with van der Waals surface area (Å²) in [6, 6.07) is 8.03. The molecule has 4 nitrogen and oxygen atoms in total. The molecule has 2 aromatic heterocycles. The summed E-state index contributed by atoms with van der Waals surface area (Å²) in [5.41, 5.74) is 2.71. The third-order valence-corrected chi connectivity index (χ3v) is 3.10.